The summed E-state index contributed by atoms with van der Waals surface area (Å²) in [6, 6.07) is 7.53. The van der Waals surface area contributed by atoms with E-state index in [2.05, 4.69) is 25.4 Å². The van der Waals surface area contributed by atoms with Crippen LogP contribution in [-0.4, -0.2) is 30.6 Å². The summed E-state index contributed by atoms with van der Waals surface area (Å²) >= 11 is 6.42. The summed E-state index contributed by atoms with van der Waals surface area (Å²) < 4.78 is 1.82. The second-order valence-corrected chi connectivity index (χ2v) is 7.30. The summed E-state index contributed by atoms with van der Waals surface area (Å²) in [5, 5.41) is 7.61. The lowest BCUT2D eigenvalue weighted by molar-refractivity contribution is 0.102. The Kier molecular flexibility index (Phi) is 5.29. The molecule has 1 aromatic carbocycles. The number of halogens is 1. The molecular formula is C22H19ClN6O. The second kappa shape index (κ2) is 8.04. The number of carbonyl (C=O) groups is 1. The van der Waals surface area contributed by atoms with E-state index in [4.69, 9.17) is 11.6 Å². The molecule has 3 heterocycles. The van der Waals surface area contributed by atoms with Crippen molar-refractivity contribution in [3.05, 3.63) is 77.1 Å². The fraction of sp³-hybridized carbons (Fsp3) is 0.136. The fourth-order valence-electron chi connectivity index (χ4n) is 3.09. The molecule has 0 aliphatic heterocycles. The number of pyridine rings is 1. The molecule has 0 atom stereocenters. The van der Waals surface area contributed by atoms with Crippen LogP contribution in [0.4, 0.5) is 5.82 Å². The van der Waals surface area contributed by atoms with Crippen LogP contribution in [0.1, 0.15) is 21.6 Å². The van der Waals surface area contributed by atoms with Crippen LogP contribution < -0.4 is 5.32 Å². The van der Waals surface area contributed by atoms with Crippen LogP contribution in [0.2, 0.25) is 5.02 Å². The molecule has 7 nitrogen and oxygen atoms in total. The summed E-state index contributed by atoms with van der Waals surface area (Å²) in [6.07, 6.45) is 8.10. The fourth-order valence-corrected chi connectivity index (χ4v) is 3.30. The molecule has 0 aliphatic carbocycles. The first-order valence-electron chi connectivity index (χ1n) is 9.27. The first-order valence-corrected chi connectivity index (χ1v) is 9.64. The smallest absolute Gasteiger partial charge is 0.258 e. The molecule has 0 unspecified atom stereocenters. The van der Waals surface area contributed by atoms with Crippen molar-refractivity contribution in [2.45, 2.75) is 13.8 Å². The lowest BCUT2D eigenvalue weighted by Crippen LogP contribution is -2.14. The molecule has 150 valence electrons. The zero-order valence-corrected chi connectivity index (χ0v) is 17.5. The molecule has 0 spiro atoms. The van der Waals surface area contributed by atoms with E-state index in [-0.39, 0.29) is 5.91 Å². The molecule has 0 saturated heterocycles. The highest BCUT2D eigenvalue weighted by Crippen LogP contribution is 2.32. The number of carbonyl (C=O) groups excluding carboxylic acids is 1. The Bertz CT molecular complexity index is 1230. The number of aromatic nitrogens is 5. The summed E-state index contributed by atoms with van der Waals surface area (Å²) in [5.41, 5.74) is 5.76. The van der Waals surface area contributed by atoms with Crippen LogP contribution in [0.3, 0.4) is 0 Å². The Labute approximate surface area is 178 Å². The van der Waals surface area contributed by atoms with Gasteiger partial charge in [0.05, 0.1) is 34.9 Å². The molecular weight excluding hydrogens is 400 g/mol. The Morgan fingerprint density at radius 3 is 2.53 bits per heavy atom. The number of hydrogen-bond acceptors (Lipinski definition) is 5. The quantitative estimate of drug-likeness (QED) is 0.528. The van der Waals surface area contributed by atoms with E-state index < -0.39 is 0 Å². The van der Waals surface area contributed by atoms with Crippen LogP contribution in [0.5, 0.6) is 0 Å². The molecule has 4 rings (SSSR count). The van der Waals surface area contributed by atoms with Crippen LogP contribution in [0.15, 0.2) is 55.2 Å². The van der Waals surface area contributed by atoms with E-state index in [1.165, 1.54) is 12.4 Å². The average Bonchev–Trinajstić information content (AvgIpc) is 3.08. The van der Waals surface area contributed by atoms with Gasteiger partial charge >= 0.3 is 0 Å². The lowest BCUT2D eigenvalue weighted by Gasteiger charge is -2.09. The minimum absolute atomic E-state index is 0.283. The first kappa shape index (κ1) is 19.7. The van der Waals surface area contributed by atoms with Crippen molar-refractivity contribution in [1.82, 2.24) is 24.7 Å². The van der Waals surface area contributed by atoms with Crippen LogP contribution in [-0.2, 0) is 7.05 Å². The maximum absolute atomic E-state index is 12.4. The zero-order chi connectivity index (χ0) is 21.3. The molecule has 30 heavy (non-hydrogen) atoms. The van der Waals surface area contributed by atoms with E-state index >= 15 is 0 Å². The normalized spacial score (nSPS) is 10.8. The lowest BCUT2D eigenvalue weighted by atomic mass is 10.0. The van der Waals surface area contributed by atoms with Gasteiger partial charge in [-0.25, -0.2) is 4.98 Å². The summed E-state index contributed by atoms with van der Waals surface area (Å²) in [6.45, 7) is 3.86. The van der Waals surface area contributed by atoms with Crippen molar-refractivity contribution in [2.75, 3.05) is 5.32 Å². The number of nitrogens with zero attached hydrogens (tertiary/aromatic N) is 5. The molecule has 8 heteroatoms. The van der Waals surface area contributed by atoms with Crippen molar-refractivity contribution >= 4 is 23.3 Å². The predicted molar refractivity (Wildman–Crippen MR) is 116 cm³/mol. The van der Waals surface area contributed by atoms with Gasteiger partial charge in [-0.05, 0) is 43.2 Å². The van der Waals surface area contributed by atoms with Gasteiger partial charge in [0.1, 0.15) is 0 Å². The van der Waals surface area contributed by atoms with Gasteiger partial charge in [-0.3, -0.25) is 19.4 Å². The summed E-state index contributed by atoms with van der Waals surface area (Å²) in [4.78, 5) is 25.2. The van der Waals surface area contributed by atoms with E-state index in [0.717, 1.165) is 27.9 Å². The molecule has 0 bridgehead atoms. The van der Waals surface area contributed by atoms with E-state index in [1.54, 1.807) is 18.5 Å². The predicted octanol–water partition coefficient (Wildman–Crippen LogP) is 4.46. The van der Waals surface area contributed by atoms with Crippen LogP contribution in [0, 0.1) is 13.8 Å². The molecule has 1 amide bonds. The molecule has 0 radical (unpaired) electrons. The zero-order valence-electron chi connectivity index (χ0n) is 16.7. The highest BCUT2D eigenvalue weighted by atomic mass is 35.5. The SMILES string of the molecule is Cc1ccncc1C(=O)Nc1cnc(-c2cc(-c3cnn(C)c3C)ccc2Cl)cn1. The molecule has 4 aromatic rings. The first-order chi connectivity index (χ1) is 14.4. The van der Waals surface area contributed by atoms with E-state index in [0.29, 0.717) is 22.1 Å². The monoisotopic (exact) mass is 418 g/mol. The van der Waals surface area contributed by atoms with E-state index in [1.807, 2.05) is 50.0 Å². The summed E-state index contributed by atoms with van der Waals surface area (Å²) in [5.74, 6) is 0.0668. The van der Waals surface area contributed by atoms with Gasteiger partial charge in [0, 0.05) is 36.3 Å². The molecule has 0 aliphatic rings. The van der Waals surface area contributed by atoms with E-state index in [9.17, 15) is 4.79 Å². The van der Waals surface area contributed by atoms with Gasteiger partial charge in [0.25, 0.3) is 5.91 Å². The molecule has 3 aromatic heterocycles. The third-order valence-electron chi connectivity index (χ3n) is 4.97. The Morgan fingerprint density at radius 2 is 1.87 bits per heavy atom. The number of amides is 1. The average molecular weight is 419 g/mol. The Morgan fingerprint density at radius 1 is 1.03 bits per heavy atom. The molecule has 1 N–H and O–H groups in total. The third kappa shape index (κ3) is 3.79. The number of aryl methyl sites for hydroxylation is 2. The van der Waals surface area contributed by atoms with Crippen molar-refractivity contribution in [3.63, 3.8) is 0 Å². The highest BCUT2D eigenvalue weighted by Gasteiger charge is 2.13. The Balaban J connectivity index is 1.60. The van der Waals surface area contributed by atoms with Crippen LogP contribution >= 0.6 is 11.6 Å². The second-order valence-electron chi connectivity index (χ2n) is 6.89. The van der Waals surface area contributed by atoms with Crippen LogP contribution in [0.25, 0.3) is 22.4 Å². The van der Waals surface area contributed by atoms with Gasteiger partial charge in [-0.1, -0.05) is 17.7 Å². The van der Waals surface area contributed by atoms with Crippen molar-refractivity contribution in [2.24, 2.45) is 7.05 Å². The highest BCUT2D eigenvalue weighted by molar-refractivity contribution is 6.33. The molecule has 0 fully saturated rings. The number of nitrogens with one attached hydrogen (secondary N) is 1. The van der Waals surface area contributed by atoms with Crippen molar-refractivity contribution < 1.29 is 4.79 Å². The number of benzene rings is 1. The Hall–Kier alpha value is -3.58. The van der Waals surface area contributed by atoms with Gasteiger partial charge < -0.3 is 5.32 Å². The third-order valence-corrected chi connectivity index (χ3v) is 5.30. The number of rotatable bonds is 4. The minimum Gasteiger partial charge on any atom is -0.305 e. The van der Waals surface area contributed by atoms with Gasteiger partial charge in [-0.15, -0.1) is 0 Å². The molecule has 0 saturated carbocycles. The van der Waals surface area contributed by atoms with Crippen molar-refractivity contribution in [3.8, 4) is 22.4 Å². The maximum atomic E-state index is 12.4. The number of anilines is 1. The van der Waals surface area contributed by atoms with Gasteiger partial charge in [-0.2, -0.15) is 5.10 Å². The largest absolute Gasteiger partial charge is 0.305 e. The number of hydrogen-bond donors (Lipinski definition) is 1. The van der Waals surface area contributed by atoms with Crippen molar-refractivity contribution in [1.29, 1.82) is 0 Å². The minimum atomic E-state index is -0.283. The van der Waals surface area contributed by atoms with Gasteiger partial charge in [0.2, 0.25) is 0 Å². The van der Waals surface area contributed by atoms with Gasteiger partial charge in [0.15, 0.2) is 5.82 Å². The standard InChI is InChI=1S/C22H19ClN6O/c1-13-6-7-24-9-17(13)22(30)28-21-12-25-20(11-26-21)16-8-15(4-5-19(16)23)18-10-27-29(3)14(18)2/h4-12H,1-3H3,(H,26,28,30). The maximum Gasteiger partial charge on any atom is 0.258 e. The summed E-state index contributed by atoms with van der Waals surface area (Å²) in [7, 11) is 1.90. The topological polar surface area (TPSA) is 85.6 Å².